The molecular formula is C23H21N3O6. The van der Waals surface area contributed by atoms with E-state index in [4.69, 9.17) is 14.6 Å². The predicted octanol–water partition coefficient (Wildman–Crippen LogP) is 4.64. The van der Waals surface area contributed by atoms with Gasteiger partial charge in [0.05, 0.1) is 29.5 Å². The fourth-order valence-corrected chi connectivity index (χ4v) is 2.86. The minimum Gasteiger partial charge on any atom is -0.493 e. The maximum absolute atomic E-state index is 11.6. The van der Waals surface area contributed by atoms with Crippen LogP contribution in [-0.4, -0.2) is 29.3 Å². The van der Waals surface area contributed by atoms with Gasteiger partial charge in [-0.3, -0.25) is 15.5 Å². The Morgan fingerprint density at radius 1 is 1.19 bits per heavy atom. The molecule has 0 fully saturated rings. The molecule has 0 spiro atoms. The van der Waals surface area contributed by atoms with Crippen LogP contribution >= 0.6 is 0 Å². The van der Waals surface area contributed by atoms with Gasteiger partial charge in [0, 0.05) is 11.6 Å². The van der Waals surface area contributed by atoms with Gasteiger partial charge >= 0.3 is 11.7 Å². The summed E-state index contributed by atoms with van der Waals surface area (Å²) in [7, 11) is 1.40. The summed E-state index contributed by atoms with van der Waals surface area (Å²) in [5.41, 5.74) is 5.38. The molecule has 0 aromatic heterocycles. The van der Waals surface area contributed by atoms with Gasteiger partial charge < -0.3 is 14.6 Å². The largest absolute Gasteiger partial charge is 0.493 e. The zero-order valence-electron chi connectivity index (χ0n) is 17.4. The Bertz CT molecular complexity index is 1160. The van der Waals surface area contributed by atoms with Gasteiger partial charge in [0.2, 0.25) is 5.75 Å². The van der Waals surface area contributed by atoms with E-state index in [2.05, 4.69) is 10.5 Å². The topological polar surface area (TPSA) is 123 Å². The highest BCUT2D eigenvalue weighted by Crippen LogP contribution is 2.38. The second-order valence-corrected chi connectivity index (χ2v) is 6.86. The van der Waals surface area contributed by atoms with Crippen LogP contribution in [0.2, 0.25) is 0 Å². The van der Waals surface area contributed by atoms with E-state index in [0.29, 0.717) is 11.3 Å². The van der Waals surface area contributed by atoms with E-state index >= 15 is 0 Å². The number of aryl methyl sites for hydroxylation is 1. The van der Waals surface area contributed by atoms with Crippen LogP contribution in [-0.2, 0) is 6.61 Å². The van der Waals surface area contributed by atoms with Crippen molar-refractivity contribution in [2.75, 3.05) is 12.5 Å². The first-order valence-corrected chi connectivity index (χ1v) is 9.54. The average Bonchev–Trinajstić information content (AvgIpc) is 2.78. The van der Waals surface area contributed by atoms with Crippen molar-refractivity contribution < 1.29 is 24.3 Å². The van der Waals surface area contributed by atoms with Gasteiger partial charge in [0.25, 0.3) is 0 Å². The van der Waals surface area contributed by atoms with Gasteiger partial charge in [0.15, 0.2) is 5.75 Å². The van der Waals surface area contributed by atoms with E-state index in [1.54, 1.807) is 18.2 Å². The first-order valence-electron chi connectivity index (χ1n) is 9.54. The Morgan fingerprint density at radius 3 is 2.59 bits per heavy atom. The molecule has 2 N–H and O–H groups in total. The number of hydrazone groups is 1. The van der Waals surface area contributed by atoms with Crippen molar-refractivity contribution in [1.29, 1.82) is 0 Å². The molecular weight excluding hydrogens is 414 g/mol. The highest BCUT2D eigenvalue weighted by atomic mass is 16.6. The first kappa shape index (κ1) is 22.3. The molecule has 3 rings (SSSR count). The second-order valence-electron chi connectivity index (χ2n) is 6.86. The summed E-state index contributed by atoms with van der Waals surface area (Å²) in [6.45, 7) is 2.11. The summed E-state index contributed by atoms with van der Waals surface area (Å²) >= 11 is 0. The molecule has 3 aromatic rings. The second kappa shape index (κ2) is 10.1. The van der Waals surface area contributed by atoms with E-state index in [0.717, 1.165) is 11.1 Å². The van der Waals surface area contributed by atoms with Gasteiger partial charge in [-0.05, 0) is 36.8 Å². The van der Waals surface area contributed by atoms with Crippen LogP contribution in [0.25, 0.3) is 0 Å². The number of carbonyl (C=O) groups is 1. The number of hydrogen-bond donors (Lipinski definition) is 2. The number of nitrogens with zero attached hydrogens (tertiary/aromatic N) is 2. The Balaban J connectivity index is 1.81. The quantitative estimate of drug-likeness (QED) is 0.285. The van der Waals surface area contributed by atoms with Crippen LogP contribution in [0.1, 0.15) is 27.0 Å². The van der Waals surface area contributed by atoms with Crippen LogP contribution in [0, 0.1) is 17.0 Å². The number of aromatic carboxylic acids is 1. The number of nitrogens with one attached hydrogen (secondary N) is 1. The highest BCUT2D eigenvalue weighted by Gasteiger charge is 2.22. The smallest absolute Gasteiger partial charge is 0.335 e. The van der Waals surface area contributed by atoms with E-state index < -0.39 is 10.9 Å². The number of methoxy groups -OCH3 is 1. The molecule has 0 radical (unpaired) electrons. The zero-order chi connectivity index (χ0) is 23.1. The van der Waals surface area contributed by atoms with E-state index in [1.165, 1.54) is 31.5 Å². The van der Waals surface area contributed by atoms with Gasteiger partial charge in [0.1, 0.15) is 6.61 Å². The van der Waals surface area contributed by atoms with Crippen LogP contribution < -0.4 is 14.9 Å². The molecule has 0 unspecified atom stereocenters. The van der Waals surface area contributed by atoms with Crippen molar-refractivity contribution in [3.8, 4) is 11.5 Å². The molecule has 164 valence electrons. The Kier molecular flexibility index (Phi) is 7.02. The summed E-state index contributed by atoms with van der Waals surface area (Å²) in [6, 6.07) is 16.6. The van der Waals surface area contributed by atoms with Crippen LogP contribution in [0.5, 0.6) is 11.5 Å². The van der Waals surface area contributed by atoms with Gasteiger partial charge in [-0.2, -0.15) is 5.10 Å². The molecule has 0 saturated carbocycles. The summed E-state index contributed by atoms with van der Waals surface area (Å²) in [5, 5.41) is 24.7. The van der Waals surface area contributed by atoms with Crippen LogP contribution in [0.3, 0.4) is 0 Å². The van der Waals surface area contributed by atoms with Gasteiger partial charge in [-0.1, -0.05) is 35.9 Å². The lowest BCUT2D eigenvalue weighted by Crippen LogP contribution is -2.03. The SMILES string of the molecule is COc1cc(/C=N/Nc2cccc(C(=O)O)c2)cc([N+](=O)[O-])c1OCc1ccc(C)cc1. The average molecular weight is 435 g/mol. The van der Waals surface area contributed by atoms with Crippen LogP contribution in [0.4, 0.5) is 11.4 Å². The number of rotatable bonds is 9. The minimum absolute atomic E-state index is 0.0253. The number of carboxylic acids is 1. The maximum atomic E-state index is 11.6. The highest BCUT2D eigenvalue weighted by molar-refractivity contribution is 5.89. The van der Waals surface area contributed by atoms with Crippen molar-refractivity contribution >= 4 is 23.6 Å². The fraction of sp³-hybridized carbons (Fsp3) is 0.130. The molecule has 0 bridgehead atoms. The van der Waals surface area contributed by atoms with Gasteiger partial charge in [-0.15, -0.1) is 0 Å². The van der Waals surface area contributed by atoms with E-state index in [-0.39, 0.29) is 29.4 Å². The molecule has 0 aliphatic rings. The molecule has 3 aromatic carbocycles. The van der Waals surface area contributed by atoms with Crippen molar-refractivity contribution in [3.63, 3.8) is 0 Å². The normalized spacial score (nSPS) is 10.7. The molecule has 0 atom stereocenters. The Morgan fingerprint density at radius 2 is 1.94 bits per heavy atom. The Labute approximate surface area is 184 Å². The van der Waals surface area contributed by atoms with Crippen LogP contribution in [0.15, 0.2) is 65.8 Å². The van der Waals surface area contributed by atoms with E-state index in [1.807, 2.05) is 31.2 Å². The molecule has 0 saturated heterocycles. The molecule has 32 heavy (non-hydrogen) atoms. The van der Waals surface area contributed by atoms with Crippen molar-refractivity contribution in [2.24, 2.45) is 5.10 Å². The molecule has 0 aliphatic heterocycles. The maximum Gasteiger partial charge on any atom is 0.335 e. The molecule has 0 amide bonds. The lowest BCUT2D eigenvalue weighted by atomic mass is 10.1. The predicted molar refractivity (Wildman–Crippen MR) is 120 cm³/mol. The lowest BCUT2D eigenvalue weighted by Gasteiger charge is -2.12. The third-order valence-corrected chi connectivity index (χ3v) is 4.49. The van der Waals surface area contributed by atoms with E-state index in [9.17, 15) is 14.9 Å². The Hall–Kier alpha value is -4.40. The number of ether oxygens (including phenoxy) is 2. The van der Waals surface area contributed by atoms with Crippen molar-refractivity contribution in [3.05, 3.63) is 93.0 Å². The summed E-state index contributed by atoms with van der Waals surface area (Å²) in [6.07, 6.45) is 1.37. The number of benzene rings is 3. The fourth-order valence-electron chi connectivity index (χ4n) is 2.86. The number of carboxylic acid groups (broad SMARTS) is 1. The van der Waals surface area contributed by atoms with Gasteiger partial charge in [-0.25, -0.2) is 4.79 Å². The third kappa shape index (κ3) is 5.60. The third-order valence-electron chi connectivity index (χ3n) is 4.49. The first-order chi connectivity index (χ1) is 15.4. The molecule has 9 heteroatoms. The summed E-state index contributed by atoms with van der Waals surface area (Å²) < 4.78 is 11.0. The lowest BCUT2D eigenvalue weighted by molar-refractivity contribution is -0.386. The van der Waals surface area contributed by atoms with Crippen molar-refractivity contribution in [1.82, 2.24) is 0 Å². The summed E-state index contributed by atoms with van der Waals surface area (Å²) in [5.74, 6) is -0.836. The van der Waals surface area contributed by atoms with Crippen molar-refractivity contribution in [2.45, 2.75) is 13.5 Å². The monoisotopic (exact) mass is 435 g/mol. The zero-order valence-corrected chi connectivity index (χ0v) is 17.4. The number of anilines is 1. The number of nitro groups is 1. The standard InChI is InChI=1S/C23H21N3O6/c1-15-6-8-16(9-7-15)14-32-22-20(26(29)30)10-17(11-21(22)31-2)13-24-25-19-5-3-4-18(12-19)23(27)28/h3-13,25H,14H2,1-2H3,(H,27,28)/b24-13+. The number of nitro benzene ring substituents is 1. The number of hydrogen-bond acceptors (Lipinski definition) is 7. The minimum atomic E-state index is -1.06. The summed E-state index contributed by atoms with van der Waals surface area (Å²) in [4.78, 5) is 22.2. The molecule has 9 nitrogen and oxygen atoms in total. The molecule has 0 heterocycles. The molecule has 0 aliphatic carbocycles.